The van der Waals surface area contributed by atoms with E-state index in [-0.39, 0.29) is 5.60 Å². The van der Waals surface area contributed by atoms with Gasteiger partial charge in [0.1, 0.15) is 11.4 Å². The van der Waals surface area contributed by atoms with Crippen molar-refractivity contribution in [3.8, 4) is 5.75 Å². The SMILES string of the molecule is CC1(Oc2ccc(CN)cc2)CCCC1. The molecule has 1 aromatic carbocycles. The highest BCUT2D eigenvalue weighted by Crippen LogP contribution is 2.33. The monoisotopic (exact) mass is 205 g/mol. The van der Waals surface area contributed by atoms with E-state index in [2.05, 4.69) is 6.92 Å². The van der Waals surface area contributed by atoms with E-state index in [1.165, 1.54) is 25.7 Å². The van der Waals surface area contributed by atoms with Crippen molar-refractivity contribution in [1.82, 2.24) is 0 Å². The Morgan fingerprint density at radius 2 is 1.80 bits per heavy atom. The van der Waals surface area contributed by atoms with Crippen LogP contribution in [0.2, 0.25) is 0 Å². The molecule has 0 bridgehead atoms. The Balaban J connectivity index is 2.04. The first-order chi connectivity index (χ1) is 7.22. The Morgan fingerprint density at radius 1 is 1.20 bits per heavy atom. The van der Waals surface area contributed by atoms with Crippen LogP contribution in [0.25, 0.3) is 0 Å². The Kier molecular flexibility index (Phi) is 2.96. The summed E-state index contributed by atoms with van der Waals surface area (Å²) in [6.45, 7) is 2.80. The smallest absolute Gasteiger partial charge is 0.120 e. The van der Waals surface area contributed by atoms with E-state index in [0.717, 1.165) is 11.3 Å². The summed E-state index contributed by atoms with van der Waals surface area (Å²) in [7, 11) is 0. The lowest BCUT2D eigenvalue weighted by Gasteiger charge is -2.25. The third-order valence-electron chi connectivity index (χ3n) is 3.18. The number of nitrogens with two attached hydrogens (primary N) is 1. The van der Waals surface area contributed by atoms with Gasteiger partial charge in [-0.1, -0.05) is 12.1 Å². The molecule has 1 aliphatic carbocycles. The zero-order chi connectivity index (χ0) is 10.7. The summed E-state index contributed by atoms with van der Waals surface area (Å²) in [6.07, 6.45) is 4.92. The van der Waals surface area contributed by atoms with E-state index in [1.54, 1.807) is 0 Å². The standard InChI is InChI=1S/C13H19NO/c1-13(8-2-3-9-13)15-12-6-4-11(10-14)5-7-12/h4-7H,2-3,8-10,14H2,1H3. The molecule has 0 unspecified atom stereocenters. The van der Waals surface area contributed by atoms with Crippen molar-refractivity contribution < 1.29 is 4.74 Å². The van der Waals surface area contributed by atoms with Crippen LogP contribution in [0, 0.1) is 0 Å². The summed E-state index contributed by atoms with van der Waals surface area (Å²) in [5.74, 6) is 0.969. The molecule has 1 aromatic rings. The van der Waals surface area contributed by atoms with Crippen molar-refractivity contribution in [2.24, 2.45) is 5.73 Å². The molecule has 0 radical (unpaired) electrons. The summed E-state index contributed by atoms with van der Waals surface area (Å²) in [6, 6.07) is 8.11. The number of benzene rings is 1. The maximum atomic E-state index is 6.02. The maximum Gasteiger partial charge on any atom is 0.120 e. The fraction of sp³-hybridized carbons (Fsp3) is 0.538. The van der Waals surface area contributed by atoms with E-state index in [4.69, 9.17) is 10.5 Å². The molecule has 2 N–H and O–H groups in total. The van der Waals surface area contributed by atoms with Crippen LogP contribution in [0.4, 0.5) is 0 Å². The van der Waals surface area contributed by atoms with E-state index in [9.17, 15) is 0 Å². The zero-order valence-electron chi connectivity index (χ0n) is 9.33. The predicted molar refractivity (Wildman–Crippen MR) is 61.8 cm³/mol. The Hall–Kier alpha value is -1.02. The van der Waals surface area contributed by atoms with Gasteiger partial charge >= 0.3 is 0 Å². The molecule has 1 fully saturated rings. The molecule has 0 atom stereocenters. The number of hydrogen-bond acceptors (Lipinski definition) is 2. The third-order valence-corrected chi connectivity index (χ3v) is 3.18. The largest absolute Gasteiger partial charge is 0.488 e. The van der Waals surface area contributed by atoms with Gasteiger partial charge in [-0.2, -0.15) is 0 Å². The van der Waals surface area contributed by atoms with Gasteiger partial charge in [0, 0.05) is 6.54 Å². The minimum Gasteiger partial charge on any atom is -0.488 e. The van der Waals surface area contributed by atoms with Crippen LogP contribution in [0.3, 0.4) is 0 Å². The number of hydrogen-bond donors (Lipinski definition) is 1. The fourth-order valence-corrected chi connectivity index (χ4v) is 2.20. The summed E-state index contributed by atoms with van der Waals surface area (Å²) < 4.78 is 6.02. The summed E-state index contributed by atoms with van der Waals surface area (Å²) in [5.41, 5.74) is 6.76. The third kappa shape index (κ3) is 2.51. The van der Waals surface area contributed by atoms with Crippen molar-refractivity contribution in [3.05, 3.63) is 29.8 Å². The Labute approximate surface area is 91.4 Å². The van der Waals surface area contributed by atoms with Crippen LogP contribution in [0.5, 0.6) is 5.75 Å². The molecule has 0 spiro atoms. The van der Waals surface area contributed by atoms with Gasteiger partial charge in [0.2, 0.25) is 0 Å². The topological polar surface area (TPSA) is 35.2 Å². The zero-order valence-corrected chi connectivity index (χ0v) is 9.33. The van der Waals surface area contributed by atoms with Crippen molar-refractivity contribution in [3.63, 3.8) is 0 Å². The van der Waals surface area contributed by atoms with Crippen molar-refractivity contribution in [2.75, 3.05) is 0 Å². The highest BCUT2D eigenvalue weighted by molar-refractivity contribution is 5.27. The molecule has 1 saturated carbocycles. The van der Waals surface area contributed by atoms with Crippen LogP contribution in [0.1, 0.15) is 38.2 Å². The average molecular weight is 205 g/mol. The van der Waals surface area contributed by atoms with Gasteiger partial charge in [-0.15, -0.1) is 0 Å². The lowest BCUT2D eigenvalue weighted by atomic mass is 10.1. The van der Waals surface area contributed by atoms with E-state index >= 15 is 0 Å². The first kappa shape index (κ1) is 10.5. The molecule has 0 saturated heterocycles. The second kappa shape index (κ2) is 4.23. The summed E-state index contributed by atoms with van der Waals surface area (Å²) >= 11 is 0. The van der Waals surface area contributed by atoms with Crippen molar-refractivity contribution in [2.45, 2.75) is 44.8 Å². The van der Waals surface area contributed by atoms with E-state index in [1.807, 2.05) is 24.3 Å². The maximum absolute atomic E-state index is 6.02. The first-order valence-electron chi connectivity index (χ1n) is 5.70. The first-order valence-corrected chi connectivity index (χ1v) is 5.70. The summed E-state index contributed by atoms with van der Waals surface area (Å²) in [4.78, 5) is 0. The molecule has 2 rings (SSSR count). The second-order valence-corrected chi connectivity index (χ2v) is 4.61. The fourth-order valence-electron chi connectivity index (χ4n) is 2.20. The molecule has 82 valence electrons. The Morgan fingerprint density at radius 3 is 2.33 bits per heavy atom. The lowest BCUT2D eigenvalue weighted by molar-refractivity contribution is 0.0968. The highest BCUT2D eigenvalue weighted by atomic mass is 16.5. The molecule has 0 aromatic heterocycles. The lowest BCUT2D eigenvalue weighted by Crippen LogP contribution is -2.27. The van der Waals surface area contributed by atoms with Crippen molar-refractivity contribution in [1.29, 1.82) is 0 Å². The molecule has 1 aliphatic rings. The van der Waals surface area contributed by atoms with Gasteiger partial charge in [-0.3, -0.25) is 0 Å². The van der Waals surface area contributed by atoms with Crippen LogP contribution >= 0.6 is 0 Å². The number of ether oxygens (including phenoxy) is 1. The van der Waals surface area contributed by atoms with Gasteiger partial charge < -0.3 is 10.5 Å². The minimum atomic E-state index is 0.0598. The van der Waals surface area contributed by atoms with Crippen LogP contribution in [-0.2, 0) is 6.54 Å². The number of rotatable bonds is 3. The second-order valence-electron chi connectivity index (χ2n) is 4.61. The van der Waals surface area contributed by atoms with Crippen molar-refractivity contribution >= 4 is 0 Å². The van der Waals surface area contributed by atoms with Gasteiger partial charge in [0.05, 0.1) is 0 Å². The van der Waals surface area contributed by atoms with Gasteiger partial charge in [-0.05, 0) is 50.3 Å². The van der Waals surface area contributed by atoms with E-state index in [0.29, 0.717) is 6.54 Å². The minimum absolute atomic E-state index is 0.0598. The molecule has 2 heteroatoms. The molecule has 0 aliphatic heterocycles. The molecule has 0 heterocycles. The predicted octanol–water partition coefficient (Wildman–Crippen LogP) is 2.86. The molecular weight excluding hydrogens is 186 g/mol. The van der Waals surface area contributed by atoms with E-state index < -0.39 is 0 Å². The normalized spacial score (nSPS) is 19.1. The summed E-state index contributed by atoms with van der Waals surface area (Å²) in [5, 5.41) is 0. The molecule has 2 nitrogen and oxygen atoms in total. The van der Waals surface area contributed by atoms with Gasteiger partial charge in [0.15, 0.2) is 0 Å². The molecule has 0 amide bonds. The van der Waals surface area contributed by atoms with Crippen LogP contribution in [0.15, 0.2) is 24.3 Å². The highest BCUT2D eigenvalue weighted by Gasteiger charge is 2.30. The van der Waals surface area contributed by atoms with Gasteiger partial charge in [0.25, 0.3) is 0 Å². The Bertz CT molecular complexity index is 312. The average Bonchev–Trinajstić information content (AvgIpc) is 2.66. The molecular formula is C13H19NO. The quantitative estimate of drug-likeness (QED) is 0.823. The van der Waals surface area contributed by atoms with Gasteiger partial charge in [-0.25, -0.2) is 0 Å². The van der Waals surface area contributed by atoms with Crippen LogP contribution < -0.4 is 10.5 Å². The van der Waals surface area contributed by atoms with Crippen LogP contribution in [-0.4, -0.2) is 5.60 Å². The molecule has 15 heavy (non-hydrogen) atoms.